The minimum absolute atomic E-state index is 0.343. The SMILES string of the molecule is O=S(=O)=Nc1ccc(-c2ccc(N=S(=O)=O)cc2)cc1. The van der Waals surface area contributed by atoms with E-state index >= 15 is 0 Å². The van der Waals surface area contributed by atoms with Crippen LogP contribution in [0.2, 0.25) is 0 Å². The molecular weight excluding hydrogens is 300 g/mol. The van der Waals surface area contributed by atoms with Crippen molar-refractivity contribution in [3.05, 3.63) is 48.5 Å². The molecule has 0 aliphatic heterocycles. The molecule has 0 radical (unpaired) electrons. The van der Waals surface area contributed by atoms with Crippen LogP contribution in [0.4, 0.5) is 11.4 Å². The Kier molecular flexibility index (Phi) is 4.38. The maximum atomic E-state index is 10.4. The largest absolute Gasteiger partial charge is 0.316 e. The fourth-order valence-electron chi connectivity index (χ4n) is 1.60. The molecule has 0 unspecified atom stereocenters. The Morgan fingerprint density at radius 1 is 0.550 bits per heavy atom. The zero-order valence-corrected chi connectivity index (χ0v) is 11.6. The molecule has 0 fully saturated rings. The number of nitrogens with zero attached hydrogens (tertiary/aromatic N) is 2. The fourth-order valence-corrected chi connectivity index (χ4v) is 2.19. The van der Waals surface area contributed by atoms with E-state index in [0.29, 0.717) is 11.4 Å². The maximum Gasteiger partial charge on any atom is 0.316 e. The number of rotatable bonds is 3. The molecule has 6 nitrogen and oxygen atoms in total. The quantitative estimate of drug-likeness (QED) is 0.871. The van der Waals surface area contributed by atoms with Crippen LogP contribution in [-0.2, 0) is 21.0 Å². The Morgan fingerprint density at radius 2 is 0.850 bits per heavy atom. The summed E-state index contributed by atoms with van der Waals surface area (Å²) in [7, 11) is -4.94. The summed E-state index contributed by atoms with van der Waals surface area (Å²) >= 11 is 0. The fraction of sp³-hybridized carbons (Fsp3) is 0. The summed E-state index contributed by atoms with van der Waals surface area (Å²) in [6.45, 7) is 0. The first-order chi connectivity index (χ1) is 9.54. The van der Waals surface area contributed by atoms with Gasteiger partial charge in [-0.15, -0.1) is 8.73 Å². The van der Waals surface area contributed by atoms with E-state index < -0.39 is 21.0 Å². The first-order valence-corrected chi connectivity index (χ1v) is 7.44. The van der Waals surface area contributed by atoms with E-state index in [0.717, 1.165) is 11.1 Å². The lowest BCUT2D eigenvalue weighted by molar-refractivity contribution is 0.621. The third-order valence-electron chi connectivity index (χ3n) is 2.43. The molecule has 0 heterocycles. The molecule has 2 aromatic rings. The monoisotopic (exact) mass is 308 g/mol. The predicted octanol–water partition coefficient (Wildman–Crippen LogP) is 2.74. The van der Waals surface area contributed by atoms with Gasteiger partial charge in [-0.3, -0.25) is 0 Å². The van der Waals surface area contributed by atoms with Crippen molar-refractivity contribution in [2.24, 2.45) is 8.73 Å². The summed E-state index contributed by atoms with van der Waals surface area (Å²) in [5.74, 6) is 0. The van der Waals surface area contributed by atoms with Crippen LogP contribution in [0.15, 0.2) is 57.3 Å². The third kappa shape index (κ3) is 3.84. The van der Waals surface area contributed by atoms with E-state index in [1.165, 1.54) is 0 Å². The second-order valence-corrected chi connectivity index (χ2v) is 4.94. The first kappa shape index (κ1) is 14.1. The van der Waals surface area contributed by atoms with E-state index in [-0.39, 0.29) is 0 Å². The Morgan fingerprint density at radius 3 is 1.10 bits per heavy atom. The summed E-state index contributed by atoms with van der Waals surface area (Å²) in [5.41, 5.74) is 2.40. The van der Waals surface area contributed by atoms with Gasteiger partial charge in [0.2, 0.25) is 0 Å². The predicted molar refractivity (Wildman–Crippen MR) is 73.9 cm³/mol. The van der Waals surface area contributed by atoms with Crippen LogP contribution in [0, 0.1) is 0 Å². The maximum absolute atomic E-state index is 10.4. The number of benzene rings is 2. The van der Waals surface area contributed by atoms with E-state index in [1.54, 1.807) is 48.5 Å². The van der Waals surface area contributed by atoms with Gasteiger partial charge in [-0.05, 0) is 35.4 Å². The lowest BCUT2D eigenvalue weighted by Crippen LogP contribution is -1.76. The molecule has 0 atom stereocenters. The molecule has 0 N–H and O–H groups in total. The van der Waals surface area contributed by atoms with Crippen LogP contribution in [0.25, 0.3) is 11.1 Å². The molecule has 0 spiro atoms. The summed E-state index contributed by atoms with van der Waals surface area (Å²) in [6.07, 6.45) is 0. The topological polar surface area (TPSA) is 93.0 Å². The highest BCUT2D eigenvalue weighted by Crippen LogP contribution is 2.24. The van der Waals surface area contributed by atoms with Crippen LogP contribution in [-0.4, -0.2) is 16.8 Å². The van der Waals surface area contributed by atoms with Crippen molar-refractivity contribution < 1.29 is 16.8 Å². The molecular formula is C12H8N2O4S2. The molecule has 0 bridgehead atoms. The van der Waals surface area contributed by atoms with Crippen LogP contribution in [0.3, 0.4) is 0 Å². The van der Waals surface area contributed by atoms with Crippen molar-refractivity contribution in [1.82, 2.24) is 0 Å². The lowest BCUT2D eigenvalue weighted by Gasteiger charge is -2.01. The van der Waals surface area contributed by atoms with E-state index in [2.05, 4.69) is 8.73 Å². The van der Waals surface area contributed by atoms with Crippen molar-refractivity contribution in [1.29, 1.82) is 0 Å². The zero-order valence-electron chi connectivity index (χ0n) is 9.96. The molecule has 2 aromatic carbocycles. The second-order valence-electron chi connectivity index (χ2n) is 3.71. The van der Waals surface area contributed by atoms with Crippen molar-refractivity contribution >= 4 is 32.4 Å². The molecule has 0 amide bonds. The molecule has 0 aliphatic carbocycles. The Bertz CT molecular complexity index is 788. The highest BCUT2D eigenvalue weighted by Gasteiger charge is 1.98. The van der Waals surface area contributed by atoms with Gasteiger partial charge in [-0.1, -0.05) is 24.3 Å². The van der Waals surface area contributed by atoms with Crippen LogP contribution in [0.5, 0.6) is 0 Å². The zero-order chi connectivity index (χ0) is 14.5. The van der Waals surface area contributed by atoms with Crippen molar-refractivity contribution in [3.63, 3.8) is 0 Å². The van der Waals surface area contributed by atoms with E-state index in [4.69, 9.17) is 0 Å². The Hall–Kier alpha value is -2.32. The molecule has 0 aliphatic rings. The number of hydrogen-bond acceptors (Lipinski definition) is 6. The van der Waals surface area contributed by atoms with Gasteiger partial charge in [0.25, 0.3) is 0 Å². The first-order valence-electron chi connectivity index (χ1n) is 5.37. The van der Waals surface area contributed by atoms with Crippen molar-refractivity contribution in [2.75, 3.05) is 0 Å². The summed E-state index contributed by atoms with van der Waals surface area (Å²) in [6, 6.07) is 13.2. The summed E-state index contributed by atoms with van der Waals surface area (Å²) in [4.78, 5) is 0. The Labute approximate surface area is 118 Å². The van der Waals surface area contributed by atoms with E-state index in [1.807, 2.05) is 0 Å². The van der Waals surface area contributed by atoms with Gasteiger partial charge in [-0.2, -0.15) is 16.8 Å². The molecule has 20 heavy (non-hydrogen) atoms. The van der Waals surface area contributed by atoms with Gasteiger partial charge in [-0.25, -0.2) is 0 Å². The molecule has 8 heteroatoms. The normalized spacial score (nSPS) is 9.80. The standard InChI is InChI=1S/C12H8N2O4S2/c15-19(16)13-11-5-1-9(2-6-11)10-3-7-12(8-4-10)14-20(17)18/h1-8H. The van der Waals surface area contributed by atoms with Gasteiger partial charge in [0, 0.05) is 0 Å². The molecule has 2 rings (SSSR count). The van der Waals surface area contributed by atoms with Gasteiger partial charge < -0.3 is 0 Å². The Balaban J connectivity index is 2.32. The van der Waals surface area contributed by atoms with Crippen LogP contribution < -0.4 is 0 Å². The second kappa shape index (κ2) is 6.22. The third-order valence-corrected chi connectivity index (χ3v) is 3.15. The van der Waals surface area contributed by atoms with Crippen LogP contribution >= 0.6 is 0 Å². The minimum atomic E-state index is -2.47. The number of hydrogen-bond donors (Lipinski definition) is 0. The molecule has 102 valence electrons. The van der Waals surface area contributed by atoms with Crippen molar-refractivity contribution in [3.8, 4) is 11.1 Å². The van der Waals surface area contributed by atoms with Crippen molar-refractivity contribution in [2.45, 2.75) is 0 Å². The van der Waals surface area contributed by atoms with Gasteiger partial charge >= 0.3 is 21.0 Å². The highest BCUT2D eigenvalue weighted by atomic mass is 32.2. The summed E-state index contributed by atoms with van der Waals surface area (Å²) < 4.78 is 48.4. The smallest absolute Gasteiger partial charge is 0.163 e. The van der Waals surface area contributed by atoms with Gasteiger partial charge in [0.1, 0.15) is 0 Å². The van der Waals surface area contributed by atoms with Gasteiger partial charge in [0.05, 0.1) is 11.4 Å². The highest BCUT2D eigenvalue weighted by molar-refractivity contribution is 7.62. The molecule has 0 aromatic heterocycles. The summed E-state index contributed by atoms with van der Waals surface area (Å²) in [5, 5.41) is 0. The average Bonchev–Trinajstić information content (AvgIpc) is 2.39. The lowest BCUT2D eigenvalue weighted by atomic mass is 10.1. The molecule has 0 saturated carbocycles. The molecule has 0 saturated heterocycles. The van der Waals surface area contributed by atoms with Gasteiger partial charge in [0.15, 0.2) is 0 Å². The van der Waals surface area contributed by atoms with Crippen LogP contribution in [0.1, 0.15) is 0 Å². The average molecular weight is 308 g/mol. The van der Waals surface area contributed by atoms with E-state index in [9.17, 15) is 16.8 Å². The minimum Gasteiger partial charge on any atom is -0.163 e.